The number of hydrogen-bond donors (Lipinski definition) is 0. The third-order valence-corrected chi connectivity index (χ3v) is 18.8. The average Bonchev–Trinajstić information content (AvgIpc) is 3.72. The van der Waals surface area contributed by atoms with Gasteiger partial charge in [0.15, 0.2) is 0 Å². The van der Waals surface area contributed by atoms with Gasteiger partial charge in [-0.15, -0.1) is 22.7 Å². The summed E-state index contributed by atoms with van der Waals surface area (Å²) in [5.74, 6) is 0. The summed E-state index contributed by atoms with van der Waals surface area (Å²) in [6.07, 6.45) is 3.84. The molecule has 376 valence electrons. The van der Waals surface area contributed by atoms with Crippen molar-refractivity contribution in [3.05, 3.63) is 223 Å². The molecule has 9 aromatic carbocycles. The Hall–Kier alpha value is -8.36. The van der Waals surface area contributed by atoms with E-state index >= 15 is 0 Å². The maximum atomic E-state index is 6.20. The van der Waals surface area contributed by atoms with Gasteiger partial charge in [-0.25, -0.2) is 0 Å². The van der Waals surface area contributed by atoms with Crippen molar-refractivity contribution in [2.75, 3.05) is 9.80 Å². The monoisotopic (exact) mass is 1040 g/mol. The normalized spacial score (nSPS) is 13.2. The molecule has 4 nitrogen and oxygen atoms in total. The molecule has 7 heteroatoms. The van der Waals surface area contributed by atoms with Crippen LogP contribution < -0.4 is 26.2 Å². The van der Waals surface area contributed by atoms with Crippen molar-refractivity contribution >= 4 is 121 Å². The van der Waals surface area contributed by atoms with E-state index in [1.165, 1.54) is 74.6 Å². The van der Waals surface area contributed by atoms with Crippen molar-refractivity contribution in [2.45, 2.75) is 59.3 Å². The molecule has 2 aliphatic heterocycles. The predicted octanol–water partition coefficient (Wildman–Crippen LogP) is 19.3. The number of hydrogen-bond acceptors (Lipinski definition) is 6. The van der Waals surface area contributed by atoms with Gasteiger partial charge >= 0.3 is 0 Å². The van der Waals surface area contributed by atoms with E-state index in [0.29, 0.717) is 0 Å². The van der Waals surface area contributed by atoms with E-state index in [1.54, 1.807) is 0 Å². The van der Waals surface area contributed by atoms with Crippen molar-refractivity contribution in [1.82, 2.24) is 0 Å². The molecule has 0 amide bonds. The lowest BCUT2D eigenvalue weighted by Gasteiger charge is -2.43. The summed E-state index contributed by atoms with van der Waals surface area (Å²) < 4.78 is 15.0. The van der Waals surface area contributed by atoms with Gasteiger partial charge in [-0.1, -0.05) is 175 Å². The summed E-state index contributed by atoms with van der Waals surface area (Å²) in [4.78, 5) is 5.28. The molecule has 0 aliphatic carbocycles. The molecule has 0 saturated carbocycles. The second kappa shape index (κ2) is 17.3. The number of para-hydroxylation sites is 2. The first kappa shape index (κ1) is 46.9. The van der Waals surface area contributed by atoms with Gasteiger partial charge < -0.3 is 18.6 Å². The van der Waals surface area contributed by atoms with Crippen LogP contribution in [-0.4, -0.2) is 6.71 Å². The Bertz CT molecular complexity index is 4280. The summed E-state index contributed by atoms with van der Waals surface area (Å²) in [5, 5.41) is 7.38. The molecule has 4 aromatic heterocycles. The van der Waals surface area contributed by atoms with Crippen molar-refractivity contribution in [3.8, 4) is 44.5 Å². The van der Waals surface area contributed by atoms with Crippen LogP contribution in [0.4, 0.5) is 32.8 Å². The molecule has 0 saturated heterocycles. The molecule has 0 bridgehead atoms. The SMILES string of the molecule is Cc1cc2c3c(c1)N(c1ccc(-c4coc5ccccc45)cc1-c1ccccc1)c1sc4ccc(C(C)(C)C)cc4c1B3c1c(sc3ccc(C(C)(C)C)cc13)N2c1ccc(-c2coc3ccccc23)cc1-c1ccccc1. The molecular weight excluding hydrogens is 988 g/mol. The second-order valence-electron chi connectivity index (χ2n) is 23.4. The minimum Gasteiger partial charge on any atom is -0.464 e. The first-order valence-electron chi connectivity index (χ1n) is 27.1. The number of aryl methyl sites for hydroxylation is 1. The van der Waals surface area contributed by atoms with Crippen LogP contribution in [0.25, 0.3) is 86.6 Å². The van der Waals surface area contributed by atoms with E-state index in [2.05, 4.69) is 240 Å². The van der Waals surface area contributed by atoms with Crippen molar-refractivity contribution < 1.29 is 8.83 Å². The summed E-state index contributed by atoms with van der Waals surface area (Å²) in [6, 6.07) is 72.3. The van der Waals surface area contributed by atoms with Crippen LogP contribution in [-0.2, 0) is 10.8 Å². The highest BCUT2D eigenvalue weighted by Crippen LogP contribution is 2.54. The van der Waals surface area contributed by atoms with Crippen molar-refractivity contribution in [2.24, 2.45) is 0 Å². The van der Waals surface area contributed by atoms with Crippen LogP contribution in [0.1, 0.15) is 58.2 Å². The molecule has 78 heavy (non-hydrogen) atoms. The maximum absolute atomic E-state index is 6.20. The van der Waals surface area contributed by atoms with Gasteiger partial charge in [-0.2, -0.15) is 0 Å². The number of furan rings is 2. The summed E-state index contributed by atoms with van der Waals surface area (Å²) >= 11 is 3.86. The fourth-order valence-corrected chi connectivity index (χ4v) is 15.0. The average molecular weight is 1040 g/mol. The first-order valence-corrected chi connectivity index (χ1v) is 28.7. The molecule has 0 radical (unpaired) electrons. The van der Waals surface area contributed by atoms with Gasteiger partial charge in [0.25, 0.3) is 6.71 Å². The Kier molecular flexibility index (Phi) is 10.4. The first-order chi connectivity index (χ1) is 37.9. The lowest BCUT2D eigenvalue weighted by atomic mass is 9.33. The highest BCUT2D eigenvalue weighted by atomic mass is 32.1. The summed E-state index contributed by atoms with van der Waals surface area (Å²) in [6.45, 7) is 16.3. The van der Waals surface area contributed by atoms with Crippen molar-refractivity contribution in [1.29, 1.82) is 0 Å². The minimum atomic E-state index is -0.0745. The molecule has 2 aliphatic rings. The molecule has 13 aromatic rings. The quantitative estimate of drug-likeness (QED) is 0.155. The fourth-order valence-electron chi connectivity index (χ4n) is 12.5. The lowest BCUT2D eigenvalue weighted by molar-refractivity contribution is 0.591. The number of benzene rings is 9. The predicted molar refractivity (Wildman–Crippen MR) is 335 cm³/mol. The van der Waals surface area contributed by atoms with Gasteiger partial charge in [0.05, 0.1) is 33.9 Å². The summed E-state index contributed by atoms with van der Waals surface area (Å²) in [5.41, 5.74) is 23.3. The Morgan fingerprint density at radius 3 is 1.23 bits per heavy atom. The van der Waals surface area contributed by atoms with E-state index in [0.717, 1.165) is 77.8 Å². The Morgan fingerprint density at radius 2 is 0.795 bits per heavy atom. The van der Waals surface area contributed by atoms with E-state index in [-0.39, 0.29) is 17.5 Å². The minimum absolute atomic E-state index is 0.0565. The van der Waals surface area contributed by atoms with Crippen LogP contribution in [0.5, 0.6) is 0 Å². The Morgan fingerprint density at radius 1 is 0.372 bits per heavy atom. The van der Waals surface area contributed by atoms with E-state index < -0.39 is 0 Å². The third-order valence-electron chi connectivity index (χ3n) is 16.4. The van der Waals surface area contributed by atoms with Gasteiger partial charge in [0.2, 0.25) is 0 Å². The van der Waals surface area contributed by atoms with Crippen LogP contribution in [0.3, 0.4) is 0 Å². The molecule has 6 heterocycles. The van der Waals surface area contributed by atoms with E-state index in [9.17, 15) is 0 Å². The summed E-state index contributed by atoms with van der Waals surface area (Å²) in [7, 11) is 0. The largest absolute Gasteiger partial charge is 0.464 e. The lowest BCUT2D eigenvalue weighted by Crippen LogP contribution is -2.60. The topological polar surface area (TPSA) is 32.8 Å². The number of rotatable bonds is 6. The zero-order valence-electron chi connectivity index (χ0n) is 44.7. The Labute approximate surface area is 463 Å². The number of thiophene rings is 2. The molecular formula is C71H55BN2O2S2. The number of nitrogens with zero attached hydrogens (tertiary/aromatic N) is 2. The van der Waals surface area contributed by atoms with Crippen molar-refractivity contribution in [3.63, 3.8) is 0 Å². The molecule has 0 atom stereocenters. The van der Waals surface area contributed by atoms with Crippen LogP contribution >= 0.6 is 22.7 Å². The molecule has 0 spiro atoms. The number of fused-ring (bicyclic) bond motifs is 10. The number of anilines is 6. The van der Waals surface area contributed by atoms with Crippen LogP contribution in [0, 0.1) is 6.92 Å². The van der Waals surface area contributed by atoms with Gasteiger partial charge in [-0.3, -0.25) is 0 Å². The van der Waals surface area contributed by atoms with E-state index in [1.807, 2.05) is 47.3 Å². The smallest absolute Gasteiger partial charge is 0.256 e. The maximum Gasteiger partial charge on any atom is 0.256 e. The standard InChI is InChI=1S/C71H55BN2O2S2/c1-42-34-59-67-60(35-42)74(58-31-27-46(37-52(58)44-20-12-9-13-21-44)56-41-76-62-25-17-15-23-50(56)62)69-66(54-39-48(71(5,6)7)29-33-64(54)78-69)72(67)65-53-38-47(70(2,3)4)28-32-63(53)77-68(65)73(59)57-30-26-45(36-51(57)43-18-10-8-11-19-43)55-40-75-61-24-16-14-22-49(55)61/h8-41H,1-7H3. The zero-order chi connectivity index (χ0) is 52.8. The van der Waals surface area contributed by atoms with Crippen LogP contribution in [0.2, 0.25) is 0 Å². The third kappa shape index (κ3) is 7.24. The molecule has 15 rings (SSSR count). The fraction of sp³-hybridized carbons (Fsp3) is 0.127. The van der Waals surface area contributed by atoms with Gasteiger partial charge in [-0.05, 0) is 145 Å². The van der Waals surface area contributed by atoms with E-state index in [4.69, 9.17) is 8.83 Å². The molecule has 0 fully saturated rings. The zero-order valence-corrected chi connectivity index (χ0v) is 46.4. The van der Waals surface area contributed by atoms with Gasteiger partial charge in [0, 0.05) is 53.8 Å². The van der Waals surface area contributed by atoms with Crippen LogP contribution in [0.15, 0.2) is 215 Å². The molecule has 0 unspecified atom stereocenters. The Balaban J connectivity index is 1.06. The second-order valence-corrected chi connectivity index (χ2v) is 25.4. The highest BCUT2D eigenvalue weighted by Gasteiger charge is 2.48. The molecule has 0 N–H and O–H groups in total. The van der Waals surface area contributed by atoms with Gasteiger partial charge in [0.1, 0.15) is 11.2 Å². The highest BCUT2D eigenvalue weighted by molar-refractivity contribution is 7.29.